The summed E-state index contributed by atoms with van der Waals surface area (Å²) in [5.74, 6) is -1.45. The number of benzene rings is 3. The van der Waals surface area contributed by atoms with Gasteiger partial charge in [-0.3, -0.25) is 19.5 Å². The maximum atomic E-state index is 13.8. The number of nitrogens with one attached hydrogen (secondary N) is 1. The van der Waals surface area contributed by atoms with Gasteiger partial charge in [0, 0.05) is 17.7 Å². The average Bonchev–Trinajstić information content (AvgIpc) is 3.27. The summed E-state index contributed by atoms with van der Waals surface area (Å²) in [5.41, 5.74) is 2.39. The SMILES string of the molecule is CCCCN(CC(=O)c1c(-c2ccccc2)[nH]n(-c2ccccc2CC)c1=O)C(=O)c1cccc(F)c1. The van der Waals surface area contributed by atoms with E-state index in [0.717, 1.165) is 18.1 Å². The van der Waals surface area contributed by atoms with Gasteiger partial charge in [-0.1, -0.05) is 74.9 Å². The monoisotopic (exact) mass is 499 g/mol. The van der Waals surface area contributed by atoms with Crippen LogP contribution < -0.4 is 5.56 Å². The maximum absolute atomic E-state index is 13.8. The normalized spacial score (nSPS) is 10.9. The predicted molar refractivity (Wildman–Crippen MR) is 143 cm³/mol. The van der Waals surface area contributed by atoms with Crippen molar-refractivity contribution in [2.45, 2.75) is 33.1 Å². The van der Waals surface area contributed by atoms with Crippen molar-refractivity contribution in [2.75, 3.05) is 13.1 Å². The molecular weight excluding hydrogens is 469 g/mol. The predicted octanol–water partition coefficient (Wildman–Crippen LogP) is 5.66. The number of halogens is 1. The number of aryl methyl sites for hydroxylation is 1. The highest BCUT2D eigenvalue weighted by Gasteiger charge is 2.27. The number of H-pyrrole nitrogens is 1. The molecule has 0 atom stereocenters. The number of Topliss-reactive ketones (excluding diaryl/α,β-unsaturated/α-hetero) is 1. The molecule has 0 saturated heterocycles. The number of aromatic nitrogens is 2. The summed E-state index contributed by atoms with van der Waals surface area (Å²) in [7, 11) is 0. The van der Waals surface area contributed by atoms with Crippen LogP contribution in [-0.4, -0.2) is 39.5 Å². The summed E-state index contributed by atoms with van der Waals surface area (Å²) in [4.78, 5) is 42.1. The molecule has 4 aromatic rings. The van der Waals surface area contributed by atoms with Crippen molar-refractivity contribution in [1.82, 2.24) is 14.7 Å². The number of para-hydroxylation sites is 1. The van der Waals surface area contributed by atoms with E-state index in [4.69, 9.17) is 0 Å². The molecule has 0 aliphatic rings. The molecule has 0 bridgehead atoms. The minimum absolute atomic E-state index is 0.00866. The highest BCUT2D eigenvalue weighted by Crippen LogP contribution is 2.23. The number of aromatic amines is 1. The third-order valence-electron chi connectivity index (χ3n) is 6.32. The molecule has 190 valence electrons. The van der Waals surface area contributed by atoms with Crippen LogP contribution in [0.3, 0.4) is 0 Å². The van der Waals surface area contributed by atoms with Gasteiger partial charge in [0.1, 0.15) is 11.4 Å². The van der Waals surface area contributed by atoms with Crippen LogP contribution in [0.4, 0.5) is 4.39 Å². The Morgan fingerprint density at radius 3 is 2.38 bits per heavy atom. The third-order valence-corrected chi connectivity index (χ3v) is 6.32. The van der Waals surface area contributed by atoms with Crippen LogP contribution in [0.25, 0.3) is 16.9 Å². The zero-order chi connectivity index (χ0) is 26.4. The lowest BCUT2D eigenvalue weighted by atomic mass is 10.0. The summed E-state index contributed by atoms with van der Waals surface area (Å²) in [6.07, 6.45) is 2.18. The zero-order valence-corrected chi connectivity index (χ0v) is 21.0. The number of hydrogen-bond donors (Lipinski definition) is 1. The topological polar surface area (TPSA) is 75.2 Å². The first-order valence-electron chi connectivity index (χ1n) is 12.5. The Morgan fingerprint density at radius 2 is 1.68 bits per heavy atom. The van der Waals surface area contributed by atoms with Crippen LogP contribution in [0, 0.1) is 5.82 Å². The number of hydrogen-bond acceptors (Lipinski definition) is 3. The van der Waals surface area contributed by atoms with E-state index in [9.17, 15) is 18.8 Å². The minimum atomic E-state index is -0.526. The Kier molecular flexibility index (Phi) is 8.13. The van der Waals surface area contributed by atoms with Gasteiger partial charge in [-0.25, -0.2) is 9.07 Å². The van der Waals surface area contributed by atoms with Gasteiger partial charge in [-0.05, 0) is 42.7 Å². The Morgan fingerprint density at radius 1 is 0.946 bits per heavy atom. The van der Waals surface area contributed by atoms with Crippen molar-refractivity contribution in [3.05, 3.63) is 112 Å². The highest BCUT2D eigenvalue weighted by atomic mass is 19.1. The molecule has 0 saturated carbocycles. The van der Waals surface area contributed by atoms with Gasteiger partial charge < -0.3 is 4.90 Å². The smallest absolute Gasteiger partial charge is 0.282 e. The highest BCUT2D eigenvalue weighted by molar-refractivity contribution is 6.05. The summed E-state index contributed by atoms with van der Waals surface area (Å²) in [6.45, 7) is 4.00. The quantitative estimate of drug-likeness (QED) is 0.286. The van der Waals surface area contributed by atoms with Crippen molar-refractivity contribution < 1.29 is 14.0 Å². The first-order valence-corrected chi connectivity index (χ1v) is 12.5. The minimum Gasteiger partial charge on any atom is -0.331 e. The van der Waals surface area contributed by atoms with Crippen molar-refractivity contribution in [1.29, 1.82) is 0 Å². The van der Waals surface area contributed by atoms with E-state index in [1.54, 1.807) is 0 Å². The number of rotatable bonds is 10. The molecule has 1 aromatic heterocycles. The molecule has 37 heavy (non-hydrogen) atoms. The maximum Gasteiger partial charge on any atom is 0.282 e. The second kappa shape index (κ2) is 11.6. The van der Waals surface area contributed by atoms with Crippen LogP contribution in [0.1, 0.15) is 53.0 Å². The van der Waals surface area contributed by atoms with Crippen LogP contribution in [0.15, 0.2) is 83.7 Å². The van der Waals surface area contributed by atoms with Crippen LogP contribution in [0.2, 0.25) is 0 Å². The summed E-state index contributed by atoms with van der Waals surface area (Å²) < 4.78 is 15.2. The van der Waals surface area contributed by atoms with Crippen LogP contribution in [0.5, 0.6) is 0 Å². The first kappa shape index (κ1) is 25.8. The molecule has 1 N–H and O–H groups in total. The molecule has 0 aliphatic heterocycles. The Bertz CT molecular complexity index is 1460. The number of nitrogens with zero attached hydrogens (tertiary/aromatic N) is 2. The number of carbonyl (C=O) groups excluding carboxylic acids is 2. The summed E-state index contributed by atoms with van der Waals surface area (Å²) in [6, 6.07) is 22.1. The number of unbranched alkanes of at least 4 members (excludes halogenated alkanes) is 1. The van der Waals surface area contributed by atoms with Crippen LogP contribution in [-0.2, 0) is 6.42 Å². The van der Waals surface area contributed by atoms with E-state index in [0.29, 0.717) is 36.3 Å². The molecule has 1 amide bonds. The molecule has 0 spiro atoms. The van der Waals surface area contributed by atoms with E-state index in [1.807, 2.05) is 68.4 Å². The standard InChI is InChI=1S/C30H30FN3O3/c1-3-5-18-33(29(36)23-15-11-16-24(31)19-23)20-26(35)27-28(22-13-7-6-8-14-22)32-34(30(27)37)25-17-10-9-12-21(25)4-2/h6-17,19,32H,3-5,18,20H2,1-2H3. The Balaban J connectivity index is 1.78. The zero-order valence-electron chi connectivity index (χ0n) is 21.0. The van der Waals surface area contributed by atoms with Crippen molar-refractivity contribution in [2.24, 2.45) is 0 Å². The molecule has 0 fully saturated rings. The molecule has 0 unspecified atom stereocenters. The molecule has 0 radical (unpaired) electrons. The van der Waals surface area contributed by atoms with E-state index in [2.05, 4.69) is 5.10 Å². The molecule has 6 nitrogen and oxygen atoms in total. The number of ketones is 1. The van der Waals surface area contributed by atoms with Crippen molar-refractivity contribution in [3.63, 3.8) is 0 Å². The van der Waals surface area contributed by atoms with Crippen molar-refractivity contribution >= 4 is 11.7 Å². The fourth-order valence-electron chi connectivity index (χ4n) is 4.37. The lowest BCUT2D eigenvalue weighted by Crippen LogP contribution is -2.38. The third kappa shape index (κ3) is 5.61. The molecule has 3 aromatic carbocycles. The fourth-order valence-corrected chi connectivity index (χ4v) is 4.37. The Labute approximate surface area is 215 Å². The van der Waals surface area contributed by atoms with Gasteiger partial charge in [0.25, 0.3) is 11.5 Å². The van der Waals surface area contributed by atoms with Gasteiger partial charge >= 0.3 is 0 Å². The summed E-state index contributed by atoms with van der Waals surface area (Å²) in [5, 5.41) is 3.15. The molecule has 7 heteroatoms. The van der Waals surface area contributed by atoms with E-state index < -0.39 is 23.1 Å². The summed E-state index contributed by atoms with van der Waals surface area (Å²) >= 11 is 0. The van der Waals surface area contributed by atoms with Gasteiger partial charge in [0.05, 0.1) is 17.9 Å². The Hall–Kier alpha value is -4.26. The van der Waals surface area contributed by atoms with Gasteiger partial charge in [0.2, 0.25) is 0 Å². The largest absolute Gasteiger partial charge is 0.331 e. The lowest BCUT2D eigenvalue weighted by Gasteiger charge is -2.22. The van der Waals surface area contributed by atoms with Crippen molar-refractivity contribution in [3.8, 4) is 16.9 Å². The lowest BCUT2D eigenvalue weighted by molar-refractivity contribution is 0.0707. The number of amides is 1. The van der Waals surface area contributed by atoms with Gasteiger partial charge in [-0.15, -0.1) is 0 Å². The van der Waals surface area contributed by atoms with E-state index in [1.165, 1.54) is 27.8 Å². The molecule has 4 rings (SSSR count). The van der Waals surface area contributed by atoms with Crippen LogP contribution >= 0.6 is 0 Å². The molecule has 1 heterocycles. The van der Waals surface area contributed by atoms with Gasteiger partial charge in [0.15, 0.2) is 5.78 Å². The second-order valence-corrected chi connectivity index (χ2v) is 8.86. The first-order chi connectivity index (χ1) is 17.9. The van der Waals surface area contributed by atoms with Gasteiger partial charge in [-0.2, -0.15) is 0 Å². The second-order valence-electron chi connectivity index (χ2n) is 8.86. The van der Waals surface area contributed by atoms with E-state index >= 15 is 0 Å². The molecular formula is C30H30FN3O3. The van der Waals surface area contributed by atoms with E-state index in [-0.39, 0.29) is 17.7 Å². The average molecular weight is 500 g/mol. The number of carbonyl (C=O) groups is 2. The fraction of sp³-hybridized carbons (Fsp3) is 0.233. The molecule has 0 aliphatic carbocycles.